The Kier molecular flexibility index (Phi) is 5.60. The molecule has 1 amide bonds. The molecule has 0 unspecified atom stereocenters. The summed E-state index contributed by atoms with van der Waals surface area (Å²) in [4.78, 5) is 33.8. The number of aromatic nitrogens is 2. The van der Waals surface area contributed by atoms with Crippen LogP contribution >= 0.6 is 0 Å². The quantitative estimate of drug-likeness (QED) is 0.590. The van der Waals surface area contributed by atoms with Crippen molar-refractivity contribution in [1.82, 2.24) is 14.5 Å². The van der Waals surface area contributed by atoms with Crippen LogP contribution in [0.15, 0.2) is 59.7 Å². The fourth-order valence-corrected chi connectivity index (χ4v) is 4.09. The molecule has 0 N–H and O–H groups in total. The smallest absolute Gasteiger partial charge is 0.254 e. The Hall–Kier alpha value is -4.01. The summed E-state index contributed by atoms with van der Waals surface area (Å²) < 4.78 is 17.5. The number of anilines is 1. The number of carbonyl (C=O) groups excluding carboxylic acids is 1. The summed E-state index contributed by atoms with van der Waals surface area (Å²) in [6.07, 6.45) is 1.42. The molecule has 3 heterocycles. The molecule has 1 aromatic heterocycles. The second kappa shape index (κ2) is 8.85. The summed E-state index contributed by atoms with van der Waals surface area (Å²) in [7, 11) is 1.65. The number of hydrogen-bond acceptors (Lipinski definition) is 7. The van der Waals surface area contributed by atoms with E-state index in [1.807, 2.05) is 30.3 Å². The summed E-state index contributed by atoms with van der Waals surface area (Å²) in [6.45, 7) is 2.69. The van der Waals surface area contributed by atoms with Crippen molar-refractivity contribution in [2.45, 2.75) is 6.54 Å². The predicted octanol–water partition coefficient (Wildman–Crippen LogP) is 2.00. The first-order valence-electron chi connectivity index (χ1n) is 10.7. The fourth-order valence-electron chi connectivity index (χ4n) is 4.09. The Morgan fingerprint density at radius 2 is 1.82 bits per heavy atom. The minimum absolute atomic E-state index is 0.0398. The van der Waals surface area contributed by atoms with Crippen molar-refractivity contribution < 1.29 is 19.0 Å². The zero-order valence-electron chi connectivity index (χ0n) is 18.3. The first kappa shape index (κ1) is 20.9. The van der Waals surface area contributed by atoms with Gasteiger partial charge in [0.2, 0.25) is 12.7 Å². The standard InChI is InChI=1S/C24H24N4O5/c1-31-20-5-3-2-4-19(20)26-8-10-27(11-9-26)24(30)14-28-15-25-18(13-23(28)29)17-6-7-21-22(12-17)33-16-32-21/h2-7,12-13,15H,8-11,14,16H2,1H3. The zero-order valence-corrected chi connectivity index (χ0v) is 18.3. The van der Waals surface area contributed by atoms with Crippen LogP contribution in [0.25, 0.3) is 11.3 Å². The van der Waals surface area contributed by atoms with Crippen LogP contribution in [0.1, 0.15) is 0 Å². The number of piperazine rings is 1. The van der Waals surface area contributed by atoms with E-state index in [2.05, 4.69) is 9.88 Å². The van der Waals surface area contributed by atoms with Crippen LogP contribution in [0.5, 0.6) is 17.2 Å². The molecule has 0 aliphatic carbocycles. The van der Waals surface area contributed by atoms with Crippen LogP contribution in [-0.2, 0) is 11.3 Å². The molecule has 2 aromatic carbocycles. The normalized spacial score (nSPS) is 14.9. The van der Waals surface area contributed by atoms with Gasteiger partial charge in [0.25, 0.3) is 5.56 Å². The van der Waals surface area contributed by atoms with Gasteiger partial charge in [-0.15, -0.1) is 0 Å². The lowest BCUT2D eigenvalue weighted by atomic mass is 10.1. The highest BCUT2D eigenvalue weighted by atomic mass is 16.7. The highest BCUT2D eigenvalue weighted by molar-refractivity contribution is 5.76. The van der Waals surface area contributed by atoms with E-state index in [1.165, 1.54) is 17.0 Å². The minimum atomic E-state index is -0.279. The van der Waals surface area contributed by atoms with Crippen LogP contribution in [0.2, 0.25) is 0 Å². The number of methoxy groups -OCH3 is 1. The SMILES string of the molecule is COc1ccccc1N1CCN(C(=O)Cn2cnc(-c3ccc4c(c3)OCO4)cc2=O)CC1. The van der Waals surface area contributed by atoms with Crippen LogP contribution < -0.4 is 24.7 Å². The third kappa shape index (κ3) is 4.21. The molecule has 0 bridgehead atoms. The number of fused-ring (bicyclic) bond motifs is 1. The number of para-hydroxylation sites is 2. The lowest BCUT2D eigenvalue weighted by molar-refractivity contribution is -0.132. The molecule has 0 radical (unpaired) electrons. The molecule has 9 heteroatoms. The van der Waals surface area contributed by atoms with Crippen molar-refractivity contribution in [2.24, 2.45) is 0 Å². The molecular weight excluding hydrogens is 424 g/mol. The maximum absolute atomic E-state index is 12.8. The maximum Gasteiger partial charge on any atom is 0.254 e. The molecule has 1 saturated heterocycles. The topological polar surface area (TPSA) is 86.1 Å². The summed E-state index contributed by atoms with van der Waals surface area (Å²) in [6, 6.07) is 14.7. The number of nitrogens with zero attached hydrogens (tertiary/aromatic N) is 4. The van der Waals surface area contributed by atoms with Gasteiger partial charge in [-0.1, -0.05) is 12.1 Å². The molecule has 1 fully saturated rings. The van der Waals surface area contributed by atoms with Gasteiger partial charge in [-0.2, -0.15) is 0 Å². The van der Waals surface area contributed by atoms with E-state index in [0.29, 0.717) is 43.4 Å². The number of amides is 1. The van der Waals surface area contributed by atoms with Gasteiger partial charge >= 0.3 is 0 Å². The first-order valence-corrected chi connectivity index (χ1v) is 10.7. The largest absolute Gasteiger partial charge is 0.495 e. The van der Waals surface area contributed by atoms with Crippen LogP contribution in [0.4, 0.5) is 5.69 Å². The lowest BCUT2D eigenvalue weighted by Gasteiger charge is -2.36. The molecule has 9 nitrogen and oxygen atoms in total. The number of benzene rings is 2. The van der Waals surface area contributed by atoms with Crippen molar-refractivity contribution >= 4 is 11.6 Å². The Labute approximate surface area is 190 Å². The predicted molar refractivity (Wildman–Crippen MR) is 122 cm³/mol. The molecule has 0 saturated carbocycles. The van der Waals surface area contributed by atoms with Gasteiger partial charge in [-0.3, -0.25) is 14.2 Å². The average molecular weight is 448 g/mol. The molecule has 3 aromatic rings. The monoisotopic (exact) mass is 448 g/mol. The molecule has 0 spiro atoms. The molecule has 33 heavy (non-hydrogen) atoms. The summed E-state index contributed by atoms with van der Waals surface area (Å²) >= 11 is 0. The van der Waals surface area contributed by atoms with Gasteiger partial charge in [-0.05, 0) is 30.3 Å². The van der Waals surface area contributed by atoms with Crippen molar-refractivity contribution in [1.29, 1.82) is 0 Å². The van der Waals surface area contributed by atoms with E-state index in [4.69, 9.17) is 14.2 Å². The van der Waals surface area contributed by atoms with Gasteiger partial charge in [0.1, 0.15) is 12.3 Å². The minimum Gasteiger partial charge on any atom is -0.495 e. The second-order valence-electron chi connectivity index (χ2n) is 7.85. The van der Waals surface area contributed by atoms with Crippen LogP contribution in [-0.4, -0.2) is 60.4 Å². The van der Waals surface area contributed by atoms with E-state index in [0.717, 1.165) is 17.0 Å². The molecular formula is C24H24N4O5. The molecule has 2 aliphatic heterocycles. The summed E-state index contributed by atoms with van der Waals surface area (Å²) in [5.41, 5.74) is 2.01. The fraction of sp³-hybridized carbons (Fsp3) is 0.292. The molecule has 0 atom stereocenters. The molecule has 170 valence electrons. The highest BCUT2D eigenvalue weighted by Gasteiger charge is 2.23. The van der Waals surface area contributed by atoms with E-state index >= 15 is 0 Å². The average Bonchev–Trinajstić information content (AvgIpc) is 3.33. The Morgan fingerprint density at radius 1 is 1.03 bits per heavy atom. The van der Waals surface area contributed by atoms with Gasteiger partial charge in [-0.25, -0.2) is 4.98 Å². The van der Waals surface area contributed by atoms with Crippen LogP contribution in [0, 0.1) is 0 Å². The molecule has 2 aliphatic rings. The van der Waals surface area contributed by atoms with Gasteiger partial charge in [0.15, 0.2) is 11.5 Å². The Morgan fingerprint density at radius 3 is 2.61 bits per heavy atom. The second-order valence-corrected chi connectivity index (χ2v) is 7.85. The summed E-state index contributed by atoms with van der Waals surface area (Å²) in [5, 5.41) is 0. The highest BCUT2D eigenvalue weighted by Crippen LogP contribution is 2.35. The maximum atomic E-state index is 12.8. The van der Waals surface area contributed by atoms with Crippen LogP contribution in [0.3, 0.4) is 0 Å². The third-order valence-corrected chi connectivity index (χ3v) is 5.91. The Balaban J connectivity index is 1.23. The number of rotatable bonds is 5. The van der Waals surface area contributed by atoms with Gasteiger partial charge in [0, 0.05) is 37.8 Å². The van der Waals surface area contributed by atoms with Crippen molar-refractivity contribution in [3.8, 4) is 28.5 Å². The van der Waals surface area contributed by atoms with Crippen molar-refractivity contribution in [3.05, 3.63) is 65.2 Å². The number of hydrogen-bond donors (Lipinski definition) is 0. The number of ether oxygens (including phenoxy) is 3. The van der Waals surface area contributed by atoms with Gasteiger partial charge < -0.3 is 24.0 Å². The molecule has 5 rings (SSSR count). The van der Waals surface area contributed by atoms with E-state index in [-0.39, 0.29) is 24.8 Å². The van der Waals surface area contributed by atoms with E-state index in [1.54, 1.807) is 24.1 Å². The van der Waals surface area contributed by atoms with Crippen molar-refractivity contribution in [2.75, 3.05) is 45.0 Å². The lowest BCUT2D eigenvalue weighted by Crippen LogP contribution is -2.50. The Bertz CT molecular complexity index is 1230. The van der Waals surface area contributed by atoms with E-state index in [9.17, 15) is 9.59 Å². The third-order valence-electron chi connectivity index (χ3n) is 5.91. The zero-order chi connectivity index (χ0) is 22.8. The first-order chi connectivity index (χ1) is 16.1. The van der Waals surface area contributed by atoms with Crippen molar-refractivity contribution in [3.63, 3.8) is 0 Å². The van der Waals surface area contributed by atoms with E-state index < -0.39 is 0 Å². The number of carbonyl (C=O) groups is 1. The summed E-state index contributed by atoms with van der Waals surface area (Å²) in [5.74, 6) is 2.01. The van der Waals surface area contributed by atoms with Gasteiger partial charge in [0.05, 0.1) is 24.8 Å².